The molecule has 0 amide bonds. The molecule has 0 N–H and O–H groups in total. The van der Waals surface area contributed by atoms with Crippen molar-refractivity contribution in [2.24, 2.45) is 0 Å². The molecule has 106 valence electrons. The predicted molar refractivity (Wildman–Crippen MR) is 69.0 cm³/mol. The first-order valence-electron chi connectivity index (χ1n) is 6.07. The lowest BCUT2D eigenvalue weighted by Crippen LogP contribution is -2.15. The van der Waals surface area contributed by atoms with Crippen LogP contribution in [0.15, 0.2) is 24.4 Å². The molecule has 4 nitrogen and oxygen atoms in total. The Labute approximate surface area is 115 Å². The standard InChI is InChI=1S/C14H14F2N2O2/c1-8(2)18-13(11(20-3)7-17-18)14(19)9-5-4-6-10(15)12(9)16/h4-8H,1-3H3. The van der Waals surface area contributed by atoms with Gasteiger partial charge in [-0.05, 0) is 26.0 Å². The van der Waals surface area contributed by atoms with Crippen molar-refractivity contribution in [3.63, 3.8) is 0 Å². The van der Waals surface area contributed by atoms with Crippen LogP contribution in [-0.4, -0.2) is 22.7 Å². The smallest absolute Gasteiger partial charge is 0.217 e. The summed E-state index contributed by atoms with van der Waals surface area (Å²) in [5, 5.41) is 4.04. The SMILES string of the molecule is COc1cnn(C(C)C)c1C(=O)c1cccc(F)c1F. The van der Waals surface area contributed by atoms with E-state index >= 15 is 0 Å². The minimum atomic E-state index is -1.17. The van der Waals surface area contributed by atoms with Gasteiger partial charge in [-0.1, -0.05) is 6.07 Å². The molecule has 0 saturated carbocycles. The Kier molecular flexibility index (Phi) is 3.83. The number of halogens is 2. The third-order valence-corrected chi connectivity index (χ3v) is 2.88. The maximum Gasteiger partial charge on any atom is 0.217 e. The Bertz CT molecular complexity index is 651. The summed E-state index contributed by atoms with van der Waals surface area (Å²) in [6.07, 6.45) is 1.38. The van der Waals surface area contributed by atoms with Gasteiger partial charge in [-0.15, -0.1) is 0 Å². The van der Waals surface area contributed by atoms with E-state index in [0.29, 0.717) is 0 Å². The lowest BCUT2D eigenvalue weighted by molar-refractivity contribution is 0.101. The van der Waals surface area contributed by atoms with Crippen molar-refractivity contribution in [2.75, 3.05) is 7.11 Å². The van der Waals surface area contributed by atoms with Gasteiger partial charge >= 0.3 is 0 Å². The van der Waals surface area contributed by atoms with E-state index < -0.39 is 17.4 Å². The second-order valence-corrected chi connectivity index (χ2v) is 4.53. The molecule has 20 heavy (non-hydrogen) atoms. The van der Waals surface area contributed by atoms with Crippen LogP contribution in [0.3, 0.4) is 0 Å². The number of aromatic nitrogens is 2. The first kappa shape index (κ1) is 14.2. The fourth-order valence-electron chi connectivity index (χ4n) is 1.91. The molecule has 0 aliphatic heterocycles. The van der Waals surface area contributed by atoms with Crippen LogP contribution in [0.2, 0.25) is 0 Å². The molecule has 1 aromatic heterocycles. The summed E-state index contributed by atoms with van der Waals surface area (Å²) in [4.78, 5) is 12.4. The zero-order valence-electron chi connectivity index (χ0n) is 11.4. The molecule has 2 rings (SSSR count). The van der Waals surface area contributed by atoms with Crippen LogP contribution in [0.25, 0.3) is 0 Å². The molecule has 1 heterocycles. The number of carbonyl (C=O) groups excluding carboxylic acids is 1. The summed E-state index contributed by atoms with van der Waals surface area (Å²) >= 11 is 0. The van der Waals surface area contributed by atoms with Crippen LogP contribution in [0.5, 0.6) is 5.75 Å². The number of rotatable bonds is 4. The van der Waals surface area contributed by atoms with E-state index in [-0.39, 0.29) is 23.0 Å². The Balaban J connectivity index is 2.58. The van der Waals surface area contributed by atoms with Gasteiger partial charge in [0.15, 0.2) is 23.1 Å². The Hall–Kier alpha value is -2.24. The fraction of sp³-hybridized carbons (Fsp3) is 0.286. The van der Waals surface area contributed by atoms with Gasteiger partial charge in [0, 0.05) is 6.04 Å². The highest BCUT2D eigenvalue weighted by Crippen LogP contribution is 2.25. The topological polar surface area (TPSA) is 44.1 Å². The predicted octanol–water partition coefficient (Wildman–Crippen LogP) is 2.98. The molecular formula is C14H14F2N2O2. The zero-order chi connectivity index (χ0) is 14.9. The van der Waals surface area contributed by atoms with E-state index in [0.717, 1.165) is 6.07 Å². The zero-order valence-corrected chi connectivity index (χ0v) is 11.4. The fourth-order valence-corrected chi connectivity index (χ4v) is 1.91. The number of carbonyl (C=O) groups is 1. The molecule has 0 spiro atoms. The highest BCUT2D eigenvalue weighted by molar-refractivity contribution is 6.09. The number of benzene rings is 1. The number of ether oxygens (including phenoxy) is 1. The molecule has 6 heteroatoms. The van der Waals surface area contributed by atoms with Crippen LogP contribution in [0.4, 0.5) is 8.78 Å². The van der Waals surface area contributed by atoms with Crippen LogP contribution in [0, 0.1) is 11.6 Å². The lowest BCUT2D eigenvalue weighted by Gasteiger charge is -2.11. The van der Waals surface area contributed by atoms with Crippen molar-refractivity contribution in [1.29, 1.82) is 0 Å². The largest absolute Gasteiger partial charge is 0.493 e. The second-order valence-electron chi connectivity index (χ2n) is 4.53. The first-order chi connectivity index (χ1) is 9.47. The van der Waals surface area contributed by atoms with Crippen molar-refractivity contribution in [2.45, 2.75) is 19.9 Å². The van der Waals surface area contributed by atoms with E-state index in [1.54, 1.807) is 0 Å². The van der Waals surface area contributed by atoms with Gasteiger partial charge in [0.25, 0.3) is 0 Å². The maximum atomic E-state index is 13.7. The van der Waals surface area contributed by atoms with E-state index in [4.69, 9.17) is 4.74 Å². The van der Waals surface area contributed by atoms with E-state index in [1.165, 1.54) is 30.1 Å². The van der Waals surface area contributed by atoms with Crippen LogP contribution >= 0.6 is 0 Å². The van der Waals surface area contributed by atoms with Gasteiger partial charge in [0.2, 0.25) is 5.78 Å². The molecule has 0 atom stereocenters. The van der Waals surface area contributed by atoms with Crippen molar-refractivity contribution < 1.29 is 18.3 Å². The van der Waals surface area contributed by atoms with Crippen LogP contribution in [0.1, 0.15) is 35.9 Å². The normalized spacial score (nSPS) is 10.9. The minimum Gasteiger partial charge on any atom is -0.493 e. The average molecular weight is 280 g/mol. The monoisotopic (exact) mass is 280 g/mol. The maximum absolute atomic E-state index is 13.7. The first-order valence-corrected chi connectivity index (χ1v) is 6.07. The van der Waals surface area contributed by atoms with Crippen LogP contribution < -0.4 is 4.74 Å². The quantitative estimate of drug-likeness (QED) is 0.809. The van der Waals surface area contributed by atoms with E-state index in [2.05, 4.69) is 5.10 Å². The van der Waals surface area contributed by atoms with E-state index in [9.17, 15) is 13.6 Å². The molecule has 0 bridgehead atoms. The van der Waals surface area contributed by atoms with Crippen molar-refractivity contribution in [3.05, 3.63) is 47.3 Å². The summed E-state index contributed by atoms with van der Waals surface area (Å²) in [6, 6.07) is 3.37. The van der Waals surface area contributed by atoms with Crippen molar-refractivity contribution in [3.8, 4) is 5.75 Å². The third-order valence-electron chi connectivity index (χ3n) is 2.88. The lowest BCUT2D eigenvalue weighted by atomic mass is 10.1. The molecular weight excluding hydrogens is 266 g/mol. The summed E-state index contributed by atoms with van der Waals surface area (Å²) in [6.45, 7) is 3.65. The molecule has 0 saturated heterocycles. The van der Waals surface area contributed by atoms with Crippen molar-refractivity contribution >= 4 is 5.78 Å². The van der Waals surface area contributed by atoms with Gasteiger partial charge < -0.3 is 4.74 Å². The van der Waals surface area contributed by atoms with Gasteiger partial charge in [0.05, 0.1) is 18.9 Å². The highest BCUT2D eigenvalue weighted by Gasteiger charge is 2.25. The van der Waals surface area contributed by atoms with Crippen molar-refractivity contribution in [1.82, 2.24) is 9.78 Å². The molecule has 2 aromatic rings. The molecule has 0 unspecified atom stereocenters. The number of hydrogen-bond acceptors (Lipinski definition) is 3. The Morgan fingerprint density at radius 1 is 1.35 bits per heavy atom. The second kappa shape index (κ2) is 5.40. The van der Waals surface area contributed by atoms with Gasteiger partial charge in [-0.25, -0.2) is 8.78 Å². The third kappa shape index (κ3) is 2.29. The van der Waals surface area contributed by atoms with Gasteiger partial charge in [0.1, 0.15) is 0 Å². The van der Waals surface area contributed by atoms with Gasteiger partial charge in [-0.2, -0.15) is 5.10 Å². The summed E-state index contributed by atoms with van der Waals surface area (Å²) < 4.78 is 33.5. The molecule has 0 radical (unpaired) electrons. The minimum absolute atomic E-state index is 0.104. The molecule has 1 aromatic carbocycles. The molecule has 0 fully saturated rings. The van der Waals surface area contributed by atoms with Gasteiger partial charge in [-0.3, -0.25) is 9.48 Å². The number of methoxy groups -OCH3 is 1. The highest BCUT2D eigenvalue weighted by atomic mass is 19.2. The molecule has 0 aliphatic rings. The summed E-state index contributed by atoms with van der Waals surface area (Å²) in [5.41, 5.74) is -0.238. The summed E-state index contributed by atoms with van der Waals surface area (Å²) in [7, 11) is 1.39. The number of hydrogen-bond donors (Lipinski definition) is 0. The number of nitrogens with zero attached hydrogens (tertiary/aromatic N) is 2. The summed E-state index contributed by atoms with van der Waals surface area (Å²) in [5.74, 6) is -2.67. The van der Waals surface area contributed by atoms with Crippen LogP contribution in [-0.2, 0) is 0 Å². The van der Waals surface area contributed by atoms with E-state index in [1.807, 2.05) is 13.8 Å². The Morgan fingerprint density at radius 3 is 2.65 bits per heavy atom. The Morgan fingerprint density at radius 2 is 2.05 bits per heavy atom. The number of ketones is 1. The molecule has 0 aliphatic carbocycles. The average Bonchev–Trinajstić information content (AvgIpc) is 2.85.